The van der Waals surface area contributed by atoms with Crippen LogP contribution in [0.4, 0.5) is 27.6 Å². The van der Waals surface area contributed by atoms with Crippen LogP contribution in [0.25, 0.3) is 0 Å². The van der Waals surface area contributed by atoms with Crippen molar-refractivity contribution >= 4 is 5.69 Å². The summed E-state index contributed by atoms with van der Waals surface area (Å²) >= 11 is 0. The lowest BCUT2D eigenvalue weighted by Crippen LogP contribution is -2.27. The molecule has 1 aromatic heterocycles. The number of alkyl halides is 5. The Labute approximate surface area is 94.1 Å². The molecule has 0 atom stereocenters. The van der Waals surface area contributed by atoms with E-state index in [-0.39, 0.29) is 12.2 Å². The van der Waals surface area contributed by atoms with E-state index in [4.69, 9.17) is 0 Å². The molecular formula is C10H9F5N2. The van der Waals surface area contributed by atoms with Crippen molar-refractivity contribution in [3.63, 3.8) is 0 Å². The Bertz CT molecular complexity index is 415. The molecule has 0 amide bonds. The smallest absolute Gasteiger partial charge is 0.364 e. The Morgan fingerprint density at radius 1 is 1.29 bits per heavy atom. The molecule has 0 aliphatic carbocycles. The third kappa shape index (κ3) is 2.48. The molecule has 0 saturated carbocycles. The van der Waals surface area contributed by atoms with Crippen LogP contribution in [0.1, 0.15) is 12.0 Å². The summed E-state index contributed by atoms with van der Waals surface area (Å²) in [5, 5.41) is 0. The maximum atomic E-state index is 13.0. The van der Waals surface area contributed by atoms with Crippen LogP contribution >= 0.6 is 0 Å². The minimum Gasteiger partial charge on any atom is -0.364 e. The van der Waals surface area contributed by atoms with Crippen molar-refractivity contribution < 1.29 is 22.0 Å². The van der Waals surface area contributed by atoms with E-state index in [1.807, 2.05) is 0 Å². The van der Waals surface area contributed by atoms with Crippen molar-refractivity contribution in [3.8, 4) is 0 Å². The lowest BCUT2D eigenvalue weighted by Gasteiger charge is -2.22. The van der Waals surface area contributed by atoms with Gasteiger partial charge in [0.15, 0.2) is 0 Å². The Kier molecular flexibility index (Phi) is 2.71. The quantitative estimate of drug-likeness (QED) is 0.714. The zero-order valence-corrected chi connectivity index (χ0v) is 8.64. The van der Waals surface area contributed by atoms with Crippen LogP contribution < -0.4 is 4.90 Å². The molecule has 1 aliphatic heterocycles. The van der Waals surface area contributed by atoms with Gasteiger partial charge in [0.25, 0.3) is 5.92 Å². The van der Waals surface area contributed by atoms with Crippen LogP contribution in [0.3, 0.4) is 0 Å². The van der Waals surface area contributed by atoms with Gasteiger partial charge < -0.3 is 4.90 Å². The molecule has 2 rings (SSSR count). The third-order valence-electron chi connectivity index (χ3n) is 2.62. The molecule has 2 heterocycles. The summed E-state index contributed by atoms with van der Waals surface area (Å²) in [5.74, 6) is -2.93. The molecule has 2 nitrogen and oxygen atoms in total. The summed E-state index contributed by atoms with van der Waals surface area (Å²) in [6, 6.07) is 0.797. The lowest BCUT2D eigenvalue weighted by atomic mass is 10.2. The van der Waals surface area contributed by atoms with E-state index < -0.39 is 30.6 Å². The van der Waals surface area contributed by atoms with Gasteiger partial charge in [-0.25, -0.2) is 8.78 Å². The Balaban J connectivity index is 2.34. The van der Waals surface area contributed by atoms with Crippen molar-refractivity contribution in [1.82, 2.24) is 4.98 Å². The number of rotatable bonds is 1. The van der Waals surface area contributed by atoms with E-state index >= 15 is 0 Å². The first-order valence-electron chi connectivity index (χ1n) is 4.94. The standard InChI is InChI=1S/C10H9F5N2/c11-9(12)2-4-17(6-9)8-5-16-3-1-7(8)10(13,14)15/h1,3,5H,2,4,6H2. The highest BCUT2D eigenvalue weighted by Crippen LogP contribution is 2.39. The van der Waals surface area contributed by atoms with Crippen LogP contribution in [-0.2, 0) is 6.18 Å². The number of pyridine rings is 1. The number of halogens is 5. The first kappa shape index (κ1) is 12.1. The van der Waals surface area contributed by atoms with Gasteiger partial charge in [0.05, 0.1) is 24.0 Å². The van der Waals surface area contributed by atoms with E-state index in [2.05, 4.69) is 4.98 Å². The Morgan fingerprint density at radius 2 is 2.00 bits per heavy atom. The van der Waals surface area contributed by atoms with Crippen molar-refractivity contribution in [3.05, 3.63) is 24.0 Å². The minimum absolute atomic E-state index is 0.0955. The third-order valence-corrected chi connectivity index (χ3v) is 2.62. The van der Waals surface area contributed by atoms with E-state index in [9.17, 15) is 22.0 Å². The highest BCUT2D eigenvalue weighted by molar-refractivity contribution is 5.54. The van der Waals surface area contributed by atoms with Gasteiger partial charge in [-0.2, -0.15) is 13.2 Å². The topological polar surface area (TPSA) is 16.1 Å². The van der Waals surface area contributed by atoms with Gasteiger partial charge in [0, 0.05) is 19.2 Å². The predicted molar refractivity (Wildman–Crippen MR) is 51.0 cm³/mol. The second-order valence-electron chi connectivity index (χ2n) is 3.92. The summed E-state index contributed by atoms with van der Waals surface area (Å²) in [6.45, 7) is -0.788. The van der Waals surface area contributed by atoms with Gasteiger partial charge >= 0.3 is 6.18 Å². The molecule has 94 valence electrons. The number of nitrogens with zero attached hydrogens (tertiary/aromatic N) is 2. The Hall–Kier alpha value is -1.40. The van der Waals surface area contributed by atoms with Crippen LogP contribution in [0.15, 0.2) is 18.5 Å². The summed E-state index contributed by atoms with van der Waals surface area (Å²) in [4.78, 5) is 4.59. The van der Waals surface area contributed by atoms with Gasteiger partial charge in [-0.05, 0) is 6.07 Å². The van der Waals surface area contributed by atoms with Crippen LogP contribution in [0.5, 0.6) is 0 Å². The molecule has 17 heavy (non-hydrogen) atoms. The number of anilines is 1. The summed E-state index contributed by atoms with van der Waals surface area (Å²) in [7, 11) is 0. The first-order chi connectivity index (χ1) is 7.80. The molecule has 1 aromatic rings. The normalized spacial score (nSPS) is 19.7. The largest absolute Gasteiger partial charge is 0.418 e. The number of aromatic nitrogens is 1. The van der Waals surface area contributed by atoms with E-state index in [0.717, 1.165) is 23.4 Å². The molecule has 1 fully saturated rings. The minimum atomic E-state index is -4.56. The number of hydrogen-bond acceptors (Lipinski definition) is 2. The molecule has 0 N–H and O–H groups in total. The average molecular weight is 252 g/mol. The Morgan fingerprint density at radius 3 is 2.53 bits per heavy atom. The fraction of sp³-hybridized carbons (Fsp3) is 0.500. The lowest BCUT2D eigenvalue weighted by molar-refractivity contribution is -0.137. The molecule has 0 unspecified atom stereocenters. The summed E-state index contributed by atoms with van der Waals surface area (Å²) in [6.07, 6.45) is -3.01. The molecule has 1 aliphatic rings. The maximum Gasteiger partial charge on any atom is 0.418 e. The van der Waals surface area contributed by atoms with Crippen molar-refractivity contribution in [2.75, 3.05) is 18.0 Å². The SMILES string of the molecule is FC1(F)CCN(c2cnccc2C(F)(F)F)C1. The van der Waals surface area contributed by atoms with E-state index in [0.29, 0.717) is 0 Å². The second kappa shape index (κ2) is 3.82. The van der Waals surface area contributed by atoms with Crippen molar-refractivity contribution in [2.24, 2.45) is 0 Å². The van der Waals surface area contributed by atoms with E-state index in [1.165, 1.54) is 0 Å². The molecule has 7 heteroatoms. The zero-order chi connectivity index (χ0) is 12.7. The molecule has 0 radical (unpaired) electrons. The van der Waals surface area contributed by atoms with Crippen LogP contribution in [0.2, 0.25) is 0 Å². The molecule has 0 bridgehead atoms. The molecular weight excluding hydrogens is 243 g/mol. The van der Waals surface area contributed by atoms with Gasteiger partial charge in [-0.1, -0.05) is 0 Å². The fourth-order valence-electron chi connectivity index (χ4n) is 1.82. The first-order valence-corrected chi connectivity index (χ1v) is 4.94. The highest BCUT2D eigenvalue weighted by Gasteiger charge is 2.42. The molecule has 1 saturated heterocycles. The van der Waals surface area contributed by atoms with Gasteiger partial charge in [0.2, 0.25) is 0 Å². The molecule has 0 spiro atoms. The average Bonchev–Trinajstić information content (AvgIpc) is 2.58. The van der Waals surface area contributed by atoms with E-state index in [1.54, 1.807) is 0 Å². The number of hydrogen-bond donors (Lipinski definition) is 0. The van der Waals surface area contributed by atoms with Crippen LogP contribution in [0, 0.1) is 0 Å². The fourth-order valence-corrected chi connectivity index (χ4v) is 1.82. The zero-order valence-electron chi connectivity index (χ0n) is 8.64. The molecule has 0 aromatic carbocycles. The van der Waals surface area contributed by atoms with Gasteiger partial charge in [-0.15, -0.1) is 0 Å². The summed E-state index contributed by atoms with van der Waals surface area (Å²) < 4.78 is 63.9. The van der Waals surface area contributed by atoms with Crippen LogP contribution in [-0.4, -0.2) is 24.0 Å². The summed E-state index contributed by atoms with van der Waals surface area (Å²) in [5.41, 5.74) is -1.21. The maximum absolute atomic E-state index is 13.0. The van der Waals surface area contributed by atoms with Gasteiger partial charge in [0.1, 0.15) is 0 Å². The van der Waals surface area contributed by atoms with Crippen molar-refractivity contribution in [2.45, 2.75) is 18.5 Å². The monoisotopic (exact) mass is 252 g/mol. The highest BCUT2D eigenvalue weighted by atomic mass is 19.4. The van der Waals surface area contributed by atoms with Gasteiger partial charge in [-0.3, -0.25) is 4.98 Å². The predicted octanol–water partition coefficient (Wildman–Crippen LogP) is 2.95. The second-order valence-corrected chi connectivity index (χ2v) is 3.92. The van der Waals surface area contributed by atoms with Crippen molar-refractivity contribution in [1.29, 1.82) is 0 Å².